The smallest absolute Gasteiger partial charge is 0.243 e. The van der Waals surface area contributed by atoms with Gasteiger partial charge in [0.05, 0.1) is 21.5 Å². The van der Waals surface area contributed by atoms with Gasteiger partial charge in [0, 0.05) is 36.8 Å². The zero-order valence-corrected chi connectivity index (χ0v) is 23.1. The van der Waals surface area contributed by atoms with Crippen molar-refractivity contribution >= 4 is 44.0 Å². The maximum absolute atomic E-state index is 13.2. The number of piperazine rings is 1. The Bertz CT molecular complexity index is 1450. The number of halogens is 1. The minimum Gasteiger partial charge on any atom is -0.301 e. The number of carbonyl (C=O) groups excluding carboxylic acids is 1. The summed E-state index contributed by atoms with van der Waals surface area (Å²) in [4.78, 5) is 21.2. The van der Waals surface area contributed by atoms with Crippen molar-refractivity contribution in [2.45, 2.75) is 17.9 Å². The van der Waals surface area contributed by atoms with Crippen molar-refractivity contribution in [2.24, 2.45) is 0 Å². The first-order chi connectivity index (χ1) is 18.3. The van der Waals surface area contributed by atoms with Crippen LogP contribution in [0.15, 0.2) is 89.8 Å². The van der Waals surface area contributed by atoms with E-state index in [4.69, 9.17) is 16.6 Å². The van der Waals surface area contributed by atoms with Crippen molar-refractivity contribution in [3.8, 4) is 21.7 Å². The highest BCUT2D eigenvalue weighted by Gasteiger charge is 2.32. The lowest BCUT2D eigenvalue weighted by molar-refractivity contribution is -0.121. The second kappa shape index (κ2) is 11.3. The standard InChI is InChI=1S/C28H27ClN4O3S2/c1-20(32-16-18-33(19-17-32)38(35,36)24-14-12-23(29)13-15-24)27(34)31-28-30-25(21-8-4-2-5-9-21)26(37-28)22-10-6-3-7-11-22/h2-15,20H,16-19H2,1H3,(H,30,31,34). The van der Waals surface area contributed by atoms with Gasteiger partial charge in [0.25, 0.3) is 0 Å². The fraction of sp³-hybridized carbons (Fsp3) is 0.214. The third kappa shape index (κ3) is 5.67. The molecule has 1 aliphatic heterocycles. The monoisotopic (exact) mass is 566 g/mol. The van der Waals surface area contributed by atoms with E-state index in [2.05, 4.69) is 5.32 Å². The van der Waals surface area contributed by atoms with Crippen molar-refractivity contribution in [3.05, 3.63) is 90.0 Å². The molecule has 196 valence electrons. The molecule has 1 aliphatic rings. The Kier molecular flexibility index (Phi) is 7.92. The summed E-state index contributed by atoms with van der Waals surface area (Å²) < 4.78 is 27.4. The summed E-state index contributed by atoms with van der Waals surface area (Å²) in [6.45, 7) is 3.34. The molecule has 1 atom stereocenters. The lowest BCUT2D eigenvalue weighted by atomic mass is 10.1. The molecule has 1 saturated heterocycles. The lowest BCUT2D eigenvalue weighted by Crippen LogP contribution is -2.53. The van der Waals surface area contributed by atoms with E-state index >= 15 is 0 Å². The van der Waals surface area contributed by atoms with Gasteiger partial charge in [-0.1, -0.05) is 83.6 Å². The van der Waals surface area contributed by atoms with Crippen molar-refractivity contribution in [3.63, 3.8) is 0 Å². The molecule has 4 aromatic rings. The number of nitrogens with zero attached hydrogens (tertiary/aromatic N) is 3. The number of hydrogen-bond acceptors (Lipinski definition) is 6. The fourth-order valence-electron chi connectivity index (χ4n) is 4.41. The Balaban J connectivity index is 1.27. The van der Waals surface area contributed by atoms with Gasteiger partial charge in [0.15, 0.2) is 5.13 Å². The van der Waals surface area contributed by atoms with Gasteiger partial charge in [-0.2, -0.15) is 4.31 Å². The summed E-state index contributed by atoms with van der Waals surface area (Å²) in [7, 11) is -3.61. The Morgan fingerprint density at radius 2 is 1.47 bits per heavy atom. The van der Waals surface area contributed by atoms with Gasteiger partial charge in [-0.05, 0) is 36.8 Å². The van der Waals surface area contributed by atoms with Crippen LogP contribution >= 0.6 is 22.9 Å². The molecule has 3 aromatic carbocycles. The highest BCUT2D eigenvalue weighted by atomic mass is 35.5. The number of aromatic nitrogens is 1. The van der Waals surface area contributed by atoms with Crippen LogP contribution in [-0.4, -0.2) is 60.7 Å². The molecule has 0 aliphatic carbocycles. The SMILES string of the molecule is CC(C(=O)Nc1nc(-c2ccccc2)c(-c2ccccc2)s1)N1CCN(S(=O)(=O)c2ccc(Cl)cc2)CC1. The van der Waals surface area contributed by atoms with E-state index in [-0.39, 0.29) is 10.8 Å². The van der Waals surface area contributed by atoms with Gasteiger partial charge in [-0.25, -0.2) is 13.4 Å². The summed E-state index contributed by atoms with van der Waals surface area (Å²) in [6.07, 6.45) is 0. The average molecular weight is 567 g/mol. The molecule has 0 radical (unpaired) electrons. The predicted molar refractivity (Wildman–Crippen MR) is 153 cm³/mol. The third-order valence-electron chi connectivity index (χ3n) is 6.59. The molecule has 1 N–H and O–H groups in total. The van der Waals surface area contributed by atoms with E-state index in [0.717, 1.165) is 21.7 Å². The Labute approximate surface area is 231 Å². The molecule has 38 heavy (non-hydrogen) atoms. The van der Waals surface area contributed by atoms with Gasteiger partial charge in [0.2, 0.25) is 15.9 Å². The molecule has 5 rings (SSSR count). The van der Waals surface area contributed by atoms with Gasteiger partial charge < -0.3 is 5.32 Å². The molecule has 0 saturated carbocycles. The van der Waals surface area contributed by atoms with E-state index in [9.17, 15) is 13.2 Å². The second-order valence-electron chi connectivity index (χ2n) is 8.99. The lowest BCUT2D eigenvalue weighted by Gasteiger charge is -2.36. The Morgan fingerprint density at radius 3 is 2.08 bits per heavy atom. The summed E-state index contributed by atoms with van der Waals surface area (Å²) in [6, 6.07) is 25.6. The molecule has 2 heterocycles. The normalized spacial score (nSPS) is 15.7. The molecular formula is C28H27ClN4O3S2. The van der Waals surface area contributed by atoms with Crippen LogP contribution in [0.1, 0.15) is 6.92 Å². The molecule has 1 aromatic heterocycles. The van der Waals surface area contributed by atoms with Crippen LogP contribution in [0, 0.1) is 0 Å². The summed E-state index contributed by atoms with van der Waals surface area (Å²) in [5, 5.41) is 4.01. The number of sulfonamides is 1. The molecular weight excluding hydrogens is 540 g/mol. The number of rotatable bonds is 7. The number of carbonyl (C=O) groups is 1. The van der Waals surface area contributed by atoms with Crippen molar-refractivity contribution < 1.29 is 13.2 Å². The Hall–Kier alpha value is -3.08. The van der Waals surface area contributed by atoms with Crippen LogP contribution in [-0.2, 0) is 14.8 Å². The molecule has 10 heteroatoms. The number of nitrogens with one attached hydrogen (secondary N) is 1. The van der Waals surface area contributed by atoms with E-state index in [1.807, 2.05) is 72.5 Å². The molecule has 1 unspecified atom stereocenters. The quantitative estimate of drug-likeness (QED) is 0.321. The average Bonchev–Trinajstić information content (AvgIpc) is 3.37. The van der Waals surface area contributed by atoms with Gasteiger partial charge in [0.1, 0.15) is 0 Å². The van der Waals surface area contributed by atoms with Crippen LogP contribution in [0.3, 0.4) is 0 Å². The molecule has 7 nitrogen and oxygen atoms in total. The van der Waals surface area contributed by atoms with Crippen molar-refractivity contribution in [1.82, 2.24) is 14.2 Å². The van der Waals surface area contributed by atoms with Gasteiger partial charge in [-0.15, -0.1) is 0 Å². The topological polar surface area (TPSA) is 82.6 Å². The van der Waals surface area contributed by atoms with Crippen LogP contribution in [0.2, 0.25) is 5.02 Å². The first-order valence-electron chi connectivity index (χ1n) is 12.3. The predicted octanol–water partition coefficient (Wildman–Crippen LogP) is 5.46. The minimum atomic E-state index is -3.61. The van der Waals surface area contributed by atoms with Gasteiger partial charge >= 0.3 is 0 Å². The fourth-order valence-corrected chi connectivity index (χ4v) is 6.96. The van der Waals surface area contributed by atoms with Crippen molar-refractivity contribution in [2.75, 3.05) is 31.5 Å². The largest absolute Gasteiger partial charge is 0.301 e. The van der Waals surface area contributed by atoms with Crippen LogP contribution < -0.4 is 5.32 Å². The van der Waals surface area contributed by atoms with Crippen molar-refractivity contribution in [1.29, 1.82) is 0 Å². The van der Waals surface area contributed by atoms with Gasteiger partial charge in [-0.3, -0.25) is 9.69 Å². The van der Waals surface area contributed by atoms with E-state index in [1.54, 1.807) is 12.1 Å². The maximum Gasteiger partial charge on any atom is 0.243 e. The number of amides is 1. The Morgan fingerprint density at radius 1 is 0.895 bits per heavy atom. The zero-order chi connectivity index (χ0) is 26.7. The van der Waals surface area contributed by atoms with Crippen LogP contribution in [0.25, 0.3) is 21.7 Å². The first kappa shape index (κ1) is 26.5. The first-order valence-corrected chi connectivity index (χ1v) is 14.9. The number of thiazole rings is 1. The van der Waals surface area contributed by atoms with E-state index in [1.165, 1.54) is 27.8 Å². The second-order valence-corrected chi connectivity index (χ2v) is 12.4. The highest BCUT2D eigenvalue weighted by molar-refractivity contribution is 7.89. The number of anilines is 1. The summed E-state index contributed by atoms with van der Waals surface area (Å²) in [5.41, 5.74) is 2.84. The van der Waals surface area contributed by atoms with Crippen LogP contribution in [0.5, 0.6) is 0 Å². The summed E-state index contributed by atoms with van der Waals surface area (Å²) >= 11 is 7.35. The third-order valence-corrected chi connectivity index (χ3v) is 9.78. The molecule has 0 spiro atoms. The molecule has 1 amide bonds. The molecule has 0 bridgehead atoms. The minimum absolute atomic E-state index is 0.174. The highest BCUT2D eigenvalue weighted by Crippen LogP contribution is 2.39. The zero-order valence-electron chi connectivity index (χ0n) is 20.7. The number of hydrogen-bond donors (Lipinski definition) is 1. The summed E-state index contributed by atoms with van der Waals surface area (Å²) in [5.74, 6) is -0.174. The van der Waals surface area contributed by atoms with Crippen LogP contribution in [0.4, 0.5) is 5.13 Å². The maximum atomic E-state index is 13.2. The number of benzene rings is 3. The van der Waals surface area contributed by atoms with E-state index in [0.29, 0.717) is 36.3 Å². The van der Waals surface area contributed by atoms with E-state index < -0.39 is 16.1 Å². The molecule has 1 fully saturated rings.